The highest BCUT2D eigenvalue weighted by Gasteiger charge is 2.27. The summed E-state index contributed by atoms with van der Waals surface area (Å²) in [5.41, 5.74) is 3.60. The number of amides is 2. The van der Waals surface area contributed by atoms with E-state index in [0.717, 1.165) is 30.6 Å². The smallest absolute Gasteiger partial charge is 0.315 e. The van der Waals surface area contributed by atoms with Crippen molar-refractivity contribution >= 4 is 22.6 Å². The number of urea groups is 1. The maximum Gasteiger partial charge on any atom is 0.315 e. The Hall–Kier alpha value is -2.17. The summed E-state index contributed by atoms with van der Waals surface area (Å²) in [6.07, 6.45) is 3.93. The summed E-state index contributed by atoms with van der Waals surface area (Å²) in [7, 11) is 0. The van der Waals surface area contributed by atoms with Gasteiger partial charge in [0.2, 0.25) is 0 Å². The number of aromatic amines is 1. The van der Waals surface area contributed by atoms with E-state index in [0.29, 0.717) is 0 Å². The Bertz CT molecular complexity index is 649. The van der Waals surface area contributed by atoms with Crippen LogP contribution in [0.2, 0.25) is 0 Å². The van der Waals surface area contributed by atoms with Gasteiger partial charge in [-0.3, -0.25) is 0 Å². The molecule has 2 unspecified atom stereocenters. The molecule has 0 saturated carbocycles. The predicted molar refractivity (Wildman–Crippen MR) is 85.7 cm³/mol. The van der Waals surface area contributed by atoms with Gasteiger partial charge in [-0.05, 0) is 44.4 Å². The molecule has 1 aliphatic rings. The Morgan fingerprint density at radius 1 is 1.29 bits per heavy atom. The third kappa shape index (κ3) is 2.82. The summed E-state index contributed by atoms with van der Waals surface area (Å²) in [5.74, 6) is 0. The molecule has 1 aromatic heterocycles. The molecule has 1 fully saturated rings. The van der Waals surface area contributed by atoms with Gasteiger partial charge in [-0.2, -0.15) is 0 Å². The highest BCUT2D eigenvalue weighted by Crippen LogP contribution is 2.25. The van der Waals surface area contributed by atoms with Crippen molar-refractivity contribution < 1.29 is 4.79 Å². The Morgan fingerprint density at radius 2 is 2.14 bits per heavy atom. The first-order valence-electron chi connectivity index (χ1n) is 7.58. The number of hydrogen-bond donors (Lipinski definition) is 4. The van der Waals surface area contributed by atoms with Crippen molar-refractivity contribution in [3.63, 3.8) is 0 Å². The molecule has 2 heterocycles. The van der Waals surface area contributed by atoms with Gasteiger partial charge >= 0.3 is 6.03 Å². The summed E-state index contributed by atoms with van der Waals surface area (Å²) >= 11 is 0. The van der Waals surface area contributed by atoms with Crippen molar-refractivity contribution in [1.82, 2.24) is 15.6 Å². The Morgan fingerprint density at radius 3 is 2.86 bits per heavy atom. The number of benzene rings is 1. The van der Waals surface area contributed by atoms with E-state index in [2.05, 4.69) is 46.1 Å². The van der Waals surface area contributed by atoms with Gasteiger partial charge in [-0.1, -0.05) is 6.07 Å². The van der Waals surface area contributed by atoms with Crippen molar-refractivity contribution in [3.8, 4) is 0 Å². The molecule has 0 bridgehead atoms. The van der Waals surface area contributed by atoms with E-state index in [1.165, 1.54) is 10.9 Å². The summed E-state index contributed by atoms with van der Waals surface area (Å²) in [4.78, 5) is 14.6. The lowest BCUT2D eigenvalue weighted by Gasteiger charge is -2.14. The number of H-pyrrole nitrogens is 1. The first-order chi connectivity index (χ1) is 10.2. The van der Waals surface area contributed by atoms with Gasteiger partial charge in [0, 0.05) is 29.7 Å². The van der Waals surface area contributed by atoms with Crippen LogP contribution in [0.25, 0.3) is 10.9 Å². The van der Waals surface area contributed by atoms with Gasteiger partial charge in [0.25, 0.3) is 0 Å². The van der Waals surface area contributed by atoms with E-state index in [4.69, 9.17) is 0 Å². The minimum absolute atomic E-state index is 0.0528. The number of carbonyl (C=O) groups excluding carboxylic acids is 1. The van der Waals surface area contributed by atoms with E-state index in [1.54, 1.807) is 0 Å². The fourth-order valence-corrected chi connectivity index (χ4v) is 2.95. The quantitative estimate of drug-likeness (QED) is 0.682. The first-order valence-corrected chi connectivity index (χ1v) is 7.58. The van der Waals surface area contributed by atoms with Crippen molar-refractivity contribution in [2.45, 2.75) is 38.8 Å². The van der Waals surface area contributed by atoms with Gasteiger partial charge < -0.3 is 20.9 Å². The average Bonchev–Trinajstić information content (AvgIpc) is 3.00. The molecule has 0 spiro atoms. The molecule has 0 aliphatic carbocycles. The van der Waals surface area contributed by atoms with Gasteiger partial charge in [-0.25, -0.2) is 4.79 Å². The average molecular weight is 286 g/mol. The number of anilines is 1. The van der Waals surface area contributed by atoms with Gasteiger partial charge in [-0.15, -0.1) is 0 Å². The molecule has 0 radical (unpaired) electrons. The van der Waals surface area contributed by atoms with Crippen molar-refractivity contribution in [1.29, 1.82) is 0 Å². The number of carbonyl (C=O) groups is 1. The summed E-state index contributed by atoms with van der Waals surface area (Å²) in [6.45, 7) is 5.05. The Labute approximate surface area is 124 Å². The third-order valence-electron chi connectivity index (χ3n) is 4.14. The SMILES string of the molecule is CCNc1c[nH]c2ccc(CCC3NC(=O)NC3C)cc12. The van der Waals surface area contributed by atoms with Crippen molar-refractivity contribution in [3.05, 3.63) is 30.0 Å². The third-order valence-corrected chi connectivity index (χ3v) is 4.14. The molecule has 1 aliphatic heterocycles. The fraction of sp³-hybridized carbons (Fsp3) is 0.438. The maximum absolute atomic E-state index is 11.3. The molecule has 5 nitrogen and oxygen atoms in total. The van der Waals surface area contributed by atoms with Gasteiger partial charge in [0.15, 0.2) is 0 Å². The van der Waals surface area contributed by atoms with E-state index in [1.807, 2.05) is 13.1 Å². The second-order valence-electron chi connectivity index (χ2n) is 5.66. The normalized spacial score (nSPS) is 21.3. The van der Waals surface area contributed by atoms with Crippen LogP contribution in [0.1, 0.15) is 25.8 Å². The highest BCUT2D eigenvalue weighted by atomic mass is 16.2. The second-order valence-corrected chi connectivity index (χ2v) is 5.66. The van der Waals surface area contributed by atoms with Crippen molar-refractivity contribution in [2.24, 2.45) is 0 Å². The minimum atomic E-state index is -0.0528. The van der Waals surface area contributed by atoms with Gasteiger partial charge in [0.1, 0.15) is 0 Å². The summed E-state index contributed by atoms with van der Waals surface area (Å²) in [5, 5.41) is 10.5. The van der Waals surface area contributed by atoms with Crippen LogP contribution in [0, 0.1) is 0 Å². The molecule has 1 aromatic carbocycles. The lowest BCUT2D eigenvalue weighted by atomic mass is 10.0. The molecule has 3 rings (SSSR count). The minimum Gasteiger partial charge on any atom is -0.384 e. The Kier molecular flexibility index (Phi) is 3.73. The van der Waals surface area contributed by atoms with Gasteiger partial charge in [0.05, 0.1) is 11.7 Å². The first kappa shape index (κ1) is 13.8. The molecule has 112 valence electrons. The number of fused-ring (bicyclic) bond motifs is 1. The predicted octanol–water partition coefficient (Wildman–Crippen LogP) is 2.60. The summed E-state index contributed by atoms with van der Waals surface area (Å²) in [6, 6.07) is 6.88. The Balaban J connectivity index is 1.72. The zero-order valence-electron chi connectivity index (χ0n) is 12.5. The molecular weight excluding hydrogens is 264 g/mol. The number of rotatable bonds is 5. The highest BCUT2D eigenvalue weighted by molar-refractivity contribution is 5.92. The van der Waals surface area contributed by atoms with E-state index < -0.39 is 0 Å². The number of aryl methyl sites for hydroxylation is 1. The lowest BCUT2D eigenvalue weighted by Crippen LogP contribution is -2.31. The molecule has 21 heavy (non-hydrogen) atoms. The largest absolute Gasteiger partial charge is 0.384 e. The van der Waals surface area contributed by atoms with E-state index in [9.17, 15) is 4.79 Å². The number of aromatic nitrogens is 1. The number of nitrogens with one attached hydrogen (secondary N) is 4. The monoisotopic (exact) mass is 286 g/mol. The van der Waals surface area contributed by atoms with Crippen molar-refractivity contribution in [2.75, 3.05) is 11.9 Å². The molecular formula is C16H22N4O. The molecule has 2 aromatic rings. The topological polar surface area (TPSA) is 69.0 Å². The van der Waals surface area contributed by atoms with Crippen LogP contribution in [0.5, 0.6) is 0 Å². The van der Waals surface area contributed by atoms with E-state index in [-0.39, 0.29) is 18.1 Å². The van der Waals surface area contributed by atoms with Crippen LogP contribution in [-0.4, -0.2) is 29.6 Å². The van der Waals surface area contributed by atoms with Crippen LogP contribution in [-0.2, 0) is 6.42 Å². The maximum atomic E-state index is 11.3. The molecule has 1 saturated heterocycles. The fourth-order valence-electron chi connectivity index (χ4n) is 2.95. The molecule has 2 amide bonds. The van der Waals surface area contributed by atoms with E-state index >= 15 is 0 Å². The molecule has 4 N–H and O–H groups in total. The zero-order chi connectivity index (χ0) is 14.8. The van der Waals surface area contributed by atoms with Crippen LogP contribution in [0.3, 0.4) is 0 Å². The number of hydrogen-bond acceptors (Lipinski definition) is 2. The molecule has 5 heteroatoms. The van der Waals surface area contributed by atoms with Crippen LogP contribution < -0.4 is 16.0 Å². The lowest BCUT2D eigenvalue weighted by molar-refractivity contribution is 0.247. The van der Waals surface area contributed by atoms with Crippen LogP contribution in [0.15, 0.2) is 24.4 Å². The molecule has 2 atom stereocenters. The van der Waals surface area contributed by atoms with Crippen LogP contribution >= 0.6 is 0 Å². The zero-order valence-corrected chi connectivity index (χ0v) is 12.5. The summed E-state index contributed by atoms with van der Waals surface area (Å²) < 4.78 is 0. The standard InChI is InChI=1S/C16H22N4O/c1-3-17-15-9-18-14-7-5-11(8-12(14)15)4-6-13-10(2)19-16(21)20-13/h5,7-10,13,17-18H,3-4,6H2,1-2H3,(H2,19,20,21). The van der Waals surface area contributed by atoms with Crippen LogP contribution in [0.4, 0.5) is 10.5 Å². The second kappa shape index (κ2) is 5.68.